The lowest BCUT2D eigenvalue weighted by molar-refractivity contribution is -0.129. The van der Waals surface area contributed by atoms with E-state index < -0.39 is 6.10 Å². The molecule has 1 heterocycles. The van der Waals surface area contributed by atoms with Gasteiger partial charge in [-0.05, 0) is 38.4 Å². The number of ether oxygens (including phenoxy) is 1. The van der Waals surface area contributed by atoms with Crippen LogP contribution in [0.2, 0.25) is 0 Å². The summed E-state index contributed by atoms with van der Waals surface area (Å²) in [5, 5.41) is 6.57. The number of amides is 1. The van der Waals surface area contributed by atoms with Gasteiger partial charge in [-0.25, -0.2) is 0 Å². The smallest absolute Gasteiger partial charge is 0.266 e. The monoisotopic (exact) mass is 360 g/mol. The fraction of sp³-hybridized carbons (Fsp3) is 0.350. The first-order chi connectivity index (χ1) is 11.7. The van der Waals surface area contributed by atoms with Crippen LogP contribution in [0.5, 0.6) is 5.75 Å². The summed E-state index contributed by atoms with van der Waals surface area (Å²) in [5.41, 5.74) is 0.857. The standard InChI is InChI=1S/C20H24N2O2.ClH/c1-15-18(13-8-14-21-15)22-20(23)19(16-9-4-2-5-10-16)24-17-11-6-3-7-12-17;/h2-7,9-12,15,18-19,21H,8,13-14H2,1H3,(H,22,23);1H. The van der Waals surface area contributed by atoms with Crippen molar-refractivity contribution in [3.63, 3.8) is 0 Å². The van der Waals surface area contributed by atoms with Gasteiger partial charge >= 0.3 is 0 Å². The van der Waals surface area contributed by atoms with Gasteiger partial charge in [-0.2, -0.15) is 0 Å². The van der Waals surface area contributed by atoms with Gasteiger partial charge in [0.05, 0.1) is 0 Å². The minimum Gasteiger partial charge on any atom is -0.476 e. The molecule has 4 nitrogen and oxygen atoms in total. The van der Waals surface area contributed by atoms with Crippen molar-refractivity contribution in [3.8, 4) is 5.75 Å². The number of carbonyl (C=O) groups excluding carboxylic acids is 1. The Labute approximate surface area is 155 Å². The summed E-state index contributed by atoms with van der Waals surface area (Å²) in [6.07, 6.45) is 1.42. The number of hydrogen-bond acceptors (Lipinski definition) is 3. The van der Waals surface area contributed by atoms with E-state index in [9.17, 15) is 4.79 Å². The minimum atomic E-state index is -0.650. The number of nitrogens with one attached hydrogen (secondary N) is 2. The normalized spacial score (nSPS) is 20.8. The summed E-state index contributed by atoms with van der Waals surface area (Å²) in [5.74, 6) is 0.599. The van der Waals surface area contributed by atoms with Crippen molar-refractivity contribution in [2.24, 2.45) is 0 Å². The molecule has 1 aliphatic heterocycles. The van der Waals surface area contributed by atoms with Crippen molar-refractivity contribution in [1.82, 2.24) is 10.6 Å². The molecular weight excluding hydrogens is 336 g/mol. The Kier molecular flexibility index (Phi) is 7.29. The largest absolute Gasteiger partial charge is 0.476 e. The van der Waals surface area contributed by atoms with Crippen molar-refractivity contribution in [3.05, 3.63) is 66.2 Å². The maximum atomic E-state index is 12.9. The van der Waals surface area contributed by atoms with Crippen molar-refractivity contribution in [2.75, 3.05) is 6.54 Å². The lowest BCUT2D eigenvalue weighted by atomic mass is 9.99. The number of rotatable bonds is 5. The first kappa shape index (κ1) is 19.3. The van der Waals surface area contributed by atoms with Crippen molar-refractivity contribution < 1.29 is 9.53 Å². The molecule has 0 aromatic heterocycles. The molecule has 25 heavy (non-hydrogen) atoms. The molecule has 1 saturated heterocycles. The molecule has 2 aromatic carbocycles. The van der Waals surface area contributed by atoms with Gasteiger partial charge in [-0.1, -0.05) is 48.5 Å². The molecule has 3 atom stereocenters. The van der Waals surface area contributed by atoms with E-state index in [4.69, 9.17) is 4.74 Å². The predicted molar refractivity (Wildman–Crippen MR) is 102 cm³/mol. The number of halogens is 1. The summed E-state index contributed by atoms with van der Waals surface area (Å²) in [4.78, 5) is 12.9. The Bertz CT molecular complexity index is 651. The van der Waals surface area contributed by atoms with Crippen LogP contribution in [0.15, 0.2) is 60.7 Å². The Balaban J connectivity index is 0.00000225. The van der Waals surface area contributed by atoms with Gasteiger partial charge in [0, 0.05) is 17.6 Å². The van der Waals surface area contributed by atoms with Gasteiger partial charge in [0.15, 0.2) is 0 Å². The van der Waals surface area contributed by atoms with E-state index in [-0.39, 0.29) is 30.4 Å². The Morgan fingerprint density at radius 2 is 1.76 bits per heavy atom. The van der Waals surface area contributed by atoms with Crippen LogP contribution in [-0.4, -0.2) is 24.5 Å². The van der Waals surface area contributed by atoms with E-state index in [1.54, 1.807) is 0 Å². The highest BCUT2D eigenvalue weighted by Crippen LogP contribution is 2.23. The van der Waals surface area contributed by atoms with Crippen LogP contribution in [0.25, 0.3) is 0 Å². The maximum Gasteiger partial charge on any atom is 0.266 e. The molecule has 0 bridgehead atoms. The zero-order valence-electron chi connectivity index (χ0n) is 14.4. The second-order valence-corrected chi connectivity index (χ2v) is 6.22. The molecule has 1 amide bonds. The SMILES string of the molecule is CC1NCCCC1NC(=O)C(Oc1ccccc1)c1ccccc1.Cl. The molecular formula is C20H25ClN2O2. The van der Waals surface area contributed by atoms with Gasteiger partial charge in [0.1, 0.15) is 5.75 Å². The average Bonchev–Trinajstić information content (AvgIpc) is 2.63. The molecule has 0 aliphatic carbocycles. The Morgan fingerprint density at radius 1 is 1.12 bits per heavy atom. The number of benzene rings is 2. The number of para-hydroxylation sites is 1. The highest BCUT2D eigenvalue weighted by molar-refractivity contribution is 5.85. The highest BCUT2D eigenvalue weighted by Gasteiger charge is 2.28. The van der Waals surface area contributed by atoms with Crippen molar-refractivity contribution in [2.45, 2.75) is 38.0 Å². The van der Waals surface area contributed by atoms with Crippen molar-refractivity contribution in [1.29, 1.82) is 0 Å². The summed E-state index contributed by atoms with van der Waals surface area (Å²) in [7, 11) is 0. The maximum absolute atomic E-state index is 12.9. The quantitative estimate of drug-likeness (QED) is 0.858. The molecule has 1 fully saturated rings. The van der Waals surface area contributed by atoms with Gasteiger partial charge in [0.2, 0.25) is 6.10 Å². The number of piperidine rings is 1. The molecule has 3 unspecified atom stereocenters. The second kappa shape index (κ2) is 9.44. The minimum absolute atomic E-state index is 0. The summed E-state index contributed by atoms with van der Waals surface area (Å²) < 4.78 is 6.01. The molecule has 0 spiro atoms. The first-order valence-electron chi connectivity index (χ1n) is 8.54. The molecule has 0 radical (unpaired) electrons. The molecule has 2 N–H and O–H groups in total. The molecule has 1 aliphatic rings. The van der Waals surface area contributed by atoms with Crippen LogP contribution in [0.1, 0.15) is 31.4 Å². The van der Waals surface area contributed by atoms with Gasteiger partial charge in [-0.15, -0.1) is 12.4 Å². The van der Waals surface area contributed by atoms with Crippen LogP contribution in [0.4, 0.5) is 0 Å². The zero-order chi connectivity index (χ0) is 16.8. The van der Waals surface area contributed by atoms with Gasteiger partial charge in [0.25, 0.3) is 5.91 Å². The van der Waals surface area contributed by atoms with Crippen LogP contribution < -0.4 is 15.4 Å². The molecule has 3 rings (SSSR count). The first-order valence-corrected chi connectivity index (χ1v) is 8.54. The fourth-order valence-electron chi connectivity index (χ4n) is 3.04. The van der Waals surface area contributed by atoms with Crippen molar-refractivity contribution >= 4 is 18.3 Å². The molecule has 2 aromatic rings. The Hall–Kier alpha value is -2.04. The third-order valence-electron chi connectivity index (χ3n) is 4.43. The second-order valence-electron chi connectivity index (χ2n) is 6.22. The molecule has 0 saturated carbocycles. The van der Waals surface area contributed by atoms with E-state index >= 15 is 0 Å². The van der Waals surface area contributed by atoms with E-state index in [2.05, 4.69) is 17.6 Å². The average molecular weight is 361 g/mol. The van der Waals surface area contributed by atoms with E-state index in [1.807, 2.05) is 60.7 Å². The lowest BCUT2D eigenvalue weighted by Gasteiger charge is -2.32. The van der Waals surface area contributed by atoms with E-state index in [1.165, 1.54) is 0 Å². The van der Waals surface area contributed by atoms with Gasteiger partial charge < -0.3 is 15.4 Å². The van der Waals surface area contributed by atoms with Crippen LogP contribution in [0, 0.1) is 0 Å². The van der Waals surface area contributed by atoms with Crippen LogP contribution in [-0.2, 0) is 4.79 Å². The third kappa shape index (κ3) is 5.21. The van der Waals surface area contributed by atoms with Crippen LogP contribution >= 0.6 is 12.4 Å². The predicted octanol–water partition coefficient (Wildman–Crippen LogP) is 3.49. The third-order valence-corrected chi connectivity index (χ3v) is 4.43. The highest BCUT2D eigenvalue weighted by atomic mass is 35.5. The Morgan fingerprint density at radius 3 is 2.40 bits per heavy atom. The summed E-state index contributed by atoms with van der Waals surface area (Å²) in [6, 6.07) is 19.5. The summed E-state index contributed by atoms with van der Waals surface area (Å²) in [6.45, 7) is 3.12. The summed E-state index contributed by atoms with van der Waals surface area (Å²) >= 11 is 0. The molecule has 134 valence electrons. The number of hydrogen-bond donors (Lipinski definition) is 2. The van der Waals surface area contributed by atoms with Gasteiger partial charge in [-0.3, -0.25) is 4.79 Å². The van der Waals surface area contributed by atoms with E-state index in [0.717, 1.165) is 24.9 Å². The number of carbonyl (C=O) groups is 1. The fourth-order valence-corrected chi connectivity index (χ4v) is 3.04. The van der Waals surface area contributed by atoms with Crippen LogP contribution in [0.3, 0.4) is 0 Å². The van der Waals surface area contributed by atoms with E-state index in [0.29, 0.717) is 5.75 Å². The lowest BCUT2D eigenvalue weighted by Crippen LogP contribution is -2.53. The zero-order valence-corrected chi connectivity index (χ0v) is 15.2. The molecule has 5 heteroatoms. The topological polar surface area (TPSA) is 50.4 Å².